The lowest BCUT2D eigenvalue weighted by Crippen LogP contribution is -1.76. The number of isocyanates is 1. The molecule has 1 aromatic rings. The second-order valence-electron chi connectivity index (χ2n) is 2.26. The van der Waals surface area contributed by atoms with Crippen LogP contribution in [0.4, 0.5) is 5.69 Å². The monoisotopic (exact) mass is 245 g/mol. The number of rotatable bonds is 1. The second-order valence-corrected chi connectivity index (χ2v) is 3.52. The smallest absolute Gasteiger partial charge is 0.211 e. The SMILES string of the molecule is Cc1cc(Br)c(N=C=O)cc1Cl. The van der Waals surface area contributed by atoms with Gasteiger partial charge in [0, 0.05) is 9.50 Å². The molecule has 0 spiro atoms. The quantitative estimate of drug-likeness (QED) is 0.552. The summed E-state index contributed by atoms with van der Waals surface area (Å²) in [5, 5.41) is 0.590. The molecule has 2 nitrogen and oxygen atoms in total. The highest BCUT2D eigenvalue weighted by Gasteiger charge is 2.02. The Morgan fingerprint density at radius 1 is 1.58 bits per heavy atom. The number of aliphatic imine (C=N–C) groups is 1. The first-order chi connectivity index (χ1) is 5.65. The van der Waals surface area contributed by atoms with Gasteiger partial charge in [-0.25, -0.2) is 4.79 Å². The second kappa shape index (κ2) is 3.85. The Morgan fingerprint density at radius 2 is 2.25 bits per heavy atom. The van der Waals surface area contributed by atoms with E-state index in [0.717, 1.165) is 10.0 Å². The van der Waals surface area contributed by atoms with Crippen LogP contribution in [0, 0.1) is 6.92 Å². The lowest BCUT2D eigenvalue weighted by atomic mass is 10.2. The van der Waals surface area contributed by atoms with E-state index in [1.807, 2.05) is 6.92 Å². The molecule has 12 heavy (non-hydrogen) atoms. The van der Waals surface area contributed by atoms with E-state index in [-0.39, 0.29) is 0 Å². The summed E-state index contributed by atoms with van der Waals surface area (Å²) in [4.78, 5) is 13.4. The molecular weight excluding hydrogens is 241 g/mol. The molecule has 0 saturated carbocycles. The van der Waals surface area contributed by atoms with Crippen LogP contribution in [-0.4, -0.2) is 6.08 Å². The zero-order valence-electron chi connectivity index (χ0n) is 6.27. The van der Waals surface area contributed by atoms with Gasteiger partial charge in [-0.2, -0.15) is 4.99 Å². The molecule has 0 fully saturated rings. The molecule has 0 heterocycles. The Hall–Kier alpha value is -0.630. The zero-order valence-corrected chi connectivity index (χ0v) is 8.61. The van der Waals surface area contributed by atoms with Crippen molar-refractivity contribution < 1.29 is 4.79 Å². The minimum atomic E-state index is 0.501. The number of hydrogen-bond donors (Lipinski definition) is 0. The van der Waals surface area contributed by atoms with Crippen LogP contribution in [0.25, 0.3) is 0 Å². The summed E-state index contributed by atoms with van der Waals surface area (Å²) in [7, 11) is 0. The van der Waals surface area contributed by atoms with Gasteiger partial charge in [0.05, 0.1) is 5.69 Å². The van der Waals surface area contributed by atoms with E-state index in [0.29, 0.717) is 10.7 Å². The minimum Gasteiger partial charge on any atom is -0.211 e. The van der Waals surface area contributed by atoms with Crippen LogP contribution >= 0.6 is 27.5 Å². The lowest BCUT2D eigenvalue weighted by molar-refractivity contribution is 0.565. The summed E-state index contributed by atoms with van der Waals surface area (Å²) < 4.78 is 0.743. The lowest BCUT2D eigenvalue weighted by Gasteiger charge is -2.00. The average molecular weight is 246 g/mol. The van der Waals surface area contributed by atoms with Gasteiger partial charge in [-0.05, 0) is 40.5 Å². The van der Waals surface area contributed by atoms with E-state index >= 15 is 0 Å². The normalized spacial score (nSPS) is 9.25. The molecule has 1 rings (SSSR count). The van der Waals surface area contributed by atoms with Crippen LogP contribution in [0.3, 0.4) is 0 Å². The van der Waals surface area contributed by atoms with Crippen LogP contribution in [0.2, 0.25) is 5.02 Å². The fraction of sp³-hybridized carbons (Fsp3) is 0.125. The highest BCUT2D eigenvalue weighted by molar-refractivity contribution is 9.10. The fourth-order valence-electron chi connectivity index (χ4n) is 0.771. The molecule has 62 valence electrons. The van der Waals surface area contributed by atoms with E-state index in [1.165, 1.54) is 6.08 Å². The van der Waals surface area contributed by atoms with Crippen molar-refractivity contribution in [3.63, 3.8) is 0 Å². The molecule has 0 N–H and O–H groups in total. The Kier molecular flexibility index (Phi) is 3.04. The van der Waals surface area contributed by atoms with E-state index < -0.39 is 0 Å². The molecule has 4 heteroatoms. The van der Waals surface area contributed by atoms with Crippen LogP contribution in [0.5, 0.6) is 0 Å². The highest BCUT2D eigenvalue weighted by atomic mass is 79.9. The van der Waals surface area contributed by atoms with Gasteiger partial charge in [-0.1, -0.05) is 11.6 Å². The van der Waals surface area contributed by atoms with Crippen LogP contribution in [-0.2, 0) is 4.79 Å². The van der Waals surface area contributed by atoms with E-state index in [9.17, 15) is 4.79 Å². The molecule has 0 atom stereocenters. The maximum atomic E-state index is 9.97. The van der Waals surface area contributed by atoms with Crippen molar-refractivity contribution in [2.24, 2.45) is 4.99 Å². The van der Waals surface area contributed by atoms with Crippen molar-refractivity contribution in [1.29, 1.82) is 0 Å². The Labute approximate surface area is 83.4 Å². The summed E-state index contributed by atoms with van der Waals surface area (Å²) >= 11 is 9.06. The summed E-state index contributed by atoms with van der Waals surface area (Å²) in [5.41, 5.74) is 1.44. The third-order valence-corrected chi connectivity index (χ3v) is 2.44. The van der Waals surface area contributed by atoms with Gasteiger partial charge in [-0.3, -0.25) is 0 Å². The van der Waals surface area contributed by atoms with Gasteiger partial charge in [0.1, 0.15) is 0 Å². The molecule has 0 aliphatic rings. The van der Waals surface area contributed by atoms with Crippen LogP contribution < -0.4 is 0 Å². The molecular formula is C8H5BrClNO. The largest absolute Gasteiger partial charge is 0.240 e. The number of benzene rings is 1. The Bertz CT molecular complexity index is 358. The maximum Gasteiger partial charge on any atom is 0.240 e. The molecule has 0 bridgehead atoms. The predicted octanol–water partition coefficient (Wildman–Crippen LogP) is 3.38. The minimum absolute atomic E-state index is 0.501. The van der Waals surface area contributed by atoms with Crippen molar-refractivity contribution in [1.82, 2.24) is 0 Å². The number of halogens is 2. The third kappa shape index (κ3) is 1.95. The molecule has 0 saturated heterocycles. The first-order valence-electron chi connectivity index (χ1n) is 3.18. The summed E-state index contributed by atoms with van der Waals surface area (Å²) in [5.74, 6) is 0. The van der Waals surface area contributed by atoms with Crippen LogP contribution in [0.15, 0.2) is 21.6 Å². The summed E-state index contributed by atoms with van der Waals surface area (Å²) in [6.45, 7) is 1.88. The van der Waals surface area contributed by atoms with Crippen molar-refractivity contribution in [3.8, 4) is 0 Å². The number of aryl methyl sites for hydroxylation is 1. The van der Waals surface area contributed by atoms with Gasteiger partial charge < -0.3 is 0 Å². The average Bonchev–Trinajstić information content (AvgIpc) is 2.01. The maximum absolute atomic E-state index is 9.97. The van der Waals surface area contributed by atoms with E-state index in [2.05, 4.69) is 20.9 Å². The van der Waals surface area contributed by atoms with Gasteiger partial charge in [-0.15, -0.1) is 0 Å². The Morgan fingerprint density at radius 3 is 2.83 bits per heavy atom. The molecule has 0 aromatic heterocycles. The third-order valence-electron chi connectivity index (χ3n) is 1.39. The highest BCUT2D eigenvalue weighted by Crippen LogP contribution is 2.30. The first-order valence-corrected chi connectivity index (χ1v) is 4.35. The molecule has 0 unspecified atom stereocenters. The Balaban J connectivity index is 3.32. The van der Waals surface area contributed by atoms with Crippen LogP contribution in [0.1, 0.15) is 5.56 Å². The van der Waals surface area contributed by atoms with Crippen molar-refractivity contribution in [2.75, 3.05) is 0 Å². The fourth-order valence-corrected chi connectivity index (χ4v) is 1.48. The molecule has 0 radical (unpaired) electrons. The predicted molar refractivity (Wildman–Crippen MR) is 51.7 cm³/mol. The van der Waals surface area contributed by atoms with E-state index in [4.69, 9.17) is 11.6 Å². The number of nitrogens with zero attached hydrogens (tertiary/aromatic N) is 1. The van der Waals surface area contributed by atoms with E-state index in [1.54, 1.807) is 12.1 Å². The summed E-state index contributed by atoms with van der Waals surface area (Å²) in [6.07, 6.45) is 1.46. The van der Waals surface area contributed by atoms with Gasteiger partial charge in [0.15, 0.2) is 0 Å². The summed E-state index contributed by atoms with van der Waals surface area (Å²) in [6, 6.07) is 3.42. The number of hydrogen-bond acceptors (Lipinski definition) is 2. The first kappa shape index (κ1) is 9.46. The standard InChI is InChI=1S/C8H5BrClNO/c1-5-2-6(9)8(11-4-12)3-7(5)10/h2-3H,1H3. The molecule has 1 aromatic carbocycles. The van der Waals surface area contributed by atoms with Gasteiger partial charge in [0.2, 0.25) is 6.08 Å². The topological polar surface area (TPSA) is 29.4 Å². The van der Waals surface area contributed by atoms with Crippen molar-refractivity contribution >= 4 is 39.3 Å². The van der Waals surface area contributed by atoms with Crippen molar-refractivity contribution in [3.05, 3.63) is 27.2 Å². The molecule has 0 amide bonds. The van der Waals surface area contributed by atoms with Gasteiger partial charge in [0.25, 0.3) is 0 Å². The zero-order chi connectivity index (χ0) is 9.14. The molecule has 0 aliphatic carbocycles. The van der Waals surface area contributed by atoms with Gasteiger partial charge >= 0.3 is 0 Å². The number of carbonyl (C=O) groups excluding carboxylic acids is 1. The molecule has 0 aliphatic heterocycles. The van der Waals surface area contributed by atoms with Crippen molar-refractivity contribution in [2.45, 2.75) is 6.92 Å².